The van der Waals surface area contributed by atoms with Crippen LogP contribution in [-0.2, 0) is 13.7 Å². The summed E-state index contributed by atoms with van der Waals surface area (Å²) in [5.41, 5.74) is 3.49. The molecule has 0 saturated carbocycles. The van der Waals surface area contributed by atoms with Gasteiger partial charge in [0, 0.05) is 25.0 Å². The number of halogens is 1. The number of carbonyl (C=O) groups excluding carboxylic acids is 1. The maximum absolute atomic E-state index is 13.1. The first kappa shape index (κ1) is 19.3. The zero-order valence-corrected chi connectivity index (χ0v) is 16.2. The molecule has 4 rings (SSSR count). The van der Waals surface area contributed by atoms with E-state index in [9.17, 15) is 9.18 Å². The summed E-state index contributed by atoms with van der Waals surface area (Å²) in [6, 6.07) is 14.9. The van der Waals surface area contributed by atoms with Gasteiger partial charge in [0.05, 0.1) is 23.6 Å². The molecule has 0 fully saturated rings. The summed E-state index contributed by atoms with van der Waals surface area (Å²) in [5, 5.41) is 7.02. The first-order chi connectivity index (χ1) is 14.6. The Balaban J connectivity index is 1.63. The maximum Gasteiger partial charge on any atom is 0.259 e. The van der Waals surface area contributed by atoms with Crippen molar-refractivity contribution in [2.75, 3.05) is 5.32 Å². The lowest BCUT2D eigenvalue weighted by Gasteiger charge is -2.13. The molecule has 0 radical (unpaired) electrons. The molecule has 0 aliphatic carbocycles. The van der Waals surface area contributed by atoms with Crippen molar-refractivity contribution in [3.05, 3.63) is 96.3 Å². The first-order valence-corrected chi connectivity index (χ1v) is 9.30. The monoisotopic (exact) mass is 402 g/mol. The minimum absolute atomic E-state index is 0.208. The molecule has 7 heteroatoms. The molecule has 4 aromatic rings. The van der Waals surface area contributed by atoms with Crippen molar-refractivity contribution in [1.82, 2.24) is 14.8 Å². The number of benzene rings is 2. The lowest BCUT2D eigenvalue weighted by molar-refractivity contribution is 0.102. The van der Waals surface area contributed by atoms with E-state index < -0.39 is 0 Å². The Labute approximate surface area is 173 Å². The van der Waals surface area contributed by atoms with E-state index in [1.165, 1.54) is 12.1 Å². The summed E-state index contributed by atoms with van der Waals surface area (Å²) in [7, 11) is 1.83. The van der Waals surface area contributed by atoms with E-state index in [2.05, 4.69) is 15.4 Å². The SMILES string of the molecule is Cn1cc(-c2ccc(OCc3ccc(F)cc3)c(C(=O)Nc3cccnc3)c2)cn1. The molecule has 2 heterocycles. The minimum atomic E-state index is -0.317. The third kappa shape index (κ3) is 4.52. The first-order valence-electron chi connectivity index (χ1n) is 9.30. The number of rotatable bonds is 6. The molecule has 0 saturated heterocycles. The lowest BCUT2D eigenvalue weighted by Crippen LogP contribution is -2.14. The van der Waals surface area contributed by atoms with Gasteiger partial charge < -0.3 is 10.1 Å². The van der Waals surface area contributed by atoms with Gasteiger partial charge in [-0.15, -0.1) is 0 Å². The molecule has 1 N–H and O–H groups in total. The number of nitrogens with zero attached hydrogens (tertiary/aromatic N) is 3. The van der Waals surface area contributed by atoms with E-state index in [1.807, 2.05) is 19.3 Å². The number of aryl methyl sites for hydroxylation is 1. The fraction of sp³-hybridized carbons (Fsp3) is 0.0870. The molecule has 0 spiro atoms. The molecule has 150 valence electrons. The van der Waals surface area contributed by atoms with Crippen LogP contribution in [0.1, 0.15) is 15.9 Å². The van der Waals surface area contributed by atoms with Crippen LogP contribution in [0.3, 0.4) is 0 Å². The van der Waals surface area contributed by atoms with Gasteiger partial charge in [-0.05, 0) is 47.5 Å². The van der Waals surface area contributed by atoms with E-state index in [-0.39, 0.29) is 18.3 Å². The predicted molar refractivity (Wildman–Crippen MR) is 112 cm³/mol. The molecule has 0 bridgehead atoms. The number of pyridine rings is 1. The quantitative estimate of drug-likeness (QED) is 0.517. The van der Waals surface area contributed by atoms with E-state index in [0.29, 0.717) is 17.0 Å². The van der Waals surface area contributed by atoms with Crippen LogP contribution in [-0.4, -0.2) is 20.7 Å². The van der Waals surface area contributed by atoms with Crippen LogP contribution >= 0.6 is 0 Å². The number of hydrogen-bond acceptors (Lipinski definition) is 4. The van der Waals surface area contributed by atoms with Gasteiger partial charge in [-0.3, -0.25) is 14.5 Å². The Morgan fingerprint density at radius 3 is 2.63 bits per heavy atom. The molecular weight excluding hydrogens is 383 g/mol. The molecule has 0 aliphatic heterocycles. The summed E-state index contributed by atoms with van der Waals surface area (Å²) in [4.78, 5) is 17.0. The average Bonchev–Trinajstić information content (AvgIpc) is 3.20. The molecule has 2 aromatic carbocycles. The van der Waals surface area contributed by atoms with Crippen molar-refractivity contribution in [3.8, 4) is 16.9 Å². The normalized spacial score (nSPS) is 10.6. The Bertz CT molecular complexity index is 1160. The van der Waals surface area contributed by atoms with Gasteiger partial charge >= 0.3 is 0 Å². The summed E-state index contributed by atoms with van der Waals surface area (Å²) >= 11 is 0. The van der Waals surface area contributed by atoms with Crippen molar-refractivity contribution >= 4 is 11.6 Å². The van der Waals surface area contributed by atoms with Crippen LogP contribution in [0.2, 0.25) is 0 Å². The summed E-state index contributed by atoms with van der Waals surface area (Å²) < 4.78 is 20.7. The van der Waals surface area contributed by atoms with Gasteiger partial charge in [-0.2, -0.15) is 5.10 Å². The van der Waals surface area contributed by atoms with Gasteiger partial charge in [-0.1, -0.05) is 18.2 Å². The van der Waals surface area contributed by atoms with Gasteiger partial charge in [-0.25, -0.2) is 4.39 Å². The van der Waals surface area contributed by atoms with Gasteiger partial charge in [0.1, 0.15) is 18.2 Å². The number of anilines is 1. The summed E-state index contributed by atoms with van der Waals surface area (Å²) in [6.45, 7) is 0.208. The van der Waals surface area contributed by atoms with Crippen molar-refractivity contribution in [3.63, 3.8) is 0 Å². The second kappa shape index (κ2) is 8.57. The predicted octanol–water partition coefficient (Wildman–Crippen LogP) is 4.45. The fourth-order valence-electron chi connectivity index (χ4n) is 2.96. The van der Waals surface area contributed by atoms with Gasteiger partial charge in [0.2, 0.25) is 0 Å². The van der Waals surface area contributed by atoms with E-state index in [4.69, 9.17) is 4.74 Å². The molecule has 6 nitrogen and oxygen atoms in total. The number of amides is 1. The van der Waals surface area contributed by atoms with Crippen molar-refractivity contribution in [2.24, 2.45) is 7.05 Å². The van der Waals surface area contributed by atoms with Gasteiger partial charge in [0.15, 0.2) is 0 Å². The van der Waals surface area contributed by atoms with Crippen LogP contribution in [0.15, 0.2) is 79.4 Å². The third-order valence-electron chi connectivity index (χ3n) is 4.49. The standard InChI is InChI=1S/C23H19FN4O2/c1-28-14-18(12-26-28)17-6-9-22(30-15-16-4-7-19(24)8-5-16)21(11-17)23(29)27-20-3-2-10-25-13-20/h2-14H,15H2,1H3,(H,27,29). The van der Waals surface area contributed by atoms with Gasteiger partial charge in [0.25, 0.3) is 5.91 Å². The van der Waals surface area contributed by atoms with E-state index >= 15 is 0 Å². The Kier molecular flexibility index (Phi) is 5.52. The Morgan fingerprint density at radius 1 is 1.10 bits per heavy atom. The summed E-state index contributed by atoms with van der Waals surface area (Å²) in [5.74, 6) is -0.202. The number of hydrogen-bond donors (Lipinski definition) is 1. The number of nitrogens with one attached hydrogen (secondary N) is 1. The maximum atomic E-state index is 13.1. The van der Waals surface area contributed by atoms with Crippen molar-refractivity contribution < 1.29 is 13.9 Å². The van der Waals surface area contributed by atoms with Crippen LogP contribution < -0.4 is 10.1 Å². The van der Waals surface area contributed by atoms with Crippen LogP contribution in [0.4, 0.5) is 10.1 Å². The highest BCUT2D eigenvalue weighted by Crippen LogP contribution is 2.28. The zero-order chi connectivity index (χ0) is 20.9. The molecule has 0 atom stereocenters. The summed E-state index contributed by atoms with van der Waals surface area (Å²) in [6.07, 6.45) is 6.81. The van der Waals surface area contributed by atoms with Crippen LogP contribution in [0, 0.1) is 5.82 Å². The Hall–Kier alpha value is -4.00. The van der Waals surface area contributed by atoms with Crippen LogP contribution in [0.25, 0.3) is 11.1 Å². The van der Waals surface area contributed by atoms with Crippen LogP contribution in [0.5, 0.6) is 5.75 Å². The molecule has 0 unspecified atom stereocenters. The Morgan fingerprint density at radius 2 is 1.93 bits per heavy atom. The average molecular weight is 402 g/mol. The largest absolute Gasteiger partial charge is 0.488 e. The zero-order valence-electron chi connectivity index (χ0n) is 16.2. The molecule has 30 heavy (non-hydrogen) atoms. The minimum Gasteiger partial charge on any atom is -0.488 e. The van der Waals surface area contributed by atoms with Crippen molar-refractivity contribution in [2.45, 2.75) is 6.61 Å². The van der Waals surface area contributed by atoms with E-state index in [1.54, 1.807) is 59.7 Å². The highest BCUT2D eigenvalue weighted by molar-refractivity contribution is 6.06. The highest BCUT2D eigenvalue weighted by Gasteiger charge is 2.16. The van der Waals surface area contributed by atoms with Crippen molar-refractivity contribution in [1.29, 1.82) is 0 Å². The third-order valence-corrected chi connectivity index (χ3v) is 4.49. The number of ether oxygens (including phenoxy) is 1. The molecule has 1 amide bonds. The van der Waals surface area contributed by atoms with E-state index in [0.717, 1.165) is 16.7 Å². The second-order valence-electron chi connectivity index (χ2n) is 6.72. The molecule has 0 aliphatic rings. The second-order valence-corrected chi connectivity index (χ2v) is 6.72. The fourth-order valence-corrected chi connectivity index (χ4v) is 2.96. The smallest absolute Gasteiger partial charge is 0.259 e. The number of aromatic nitrogens is 3. The topological polar surface area (TPSA) is 69.0 Å². The number of carbonyl (C=O) groups is 1. The highest BCUT2D eigenvalue weighted by atomic mass is 19.1. The molecule has 2 aromatic heterocycles. The molecular formula is C23H19FN4O2. The lowest BCUT2D eigenvalue weighted by atomic mass is 10.0.